The molecule has 0 spiro atoms. The summed E-state index contributed by atoms with van der Waals surface area (Å²) in [5, 5.41) is 2.64. The normalized spacial score (nSPS) is 23.9. The highest BCUT2D eigenvalue weighted by Crippen LogP contribution is 2.49. The molecule has 37 heavy (non-hydrogen) atoms. The molecule has 1 aromatic heterocycles. The number of carbonyl (C=O) groups is 2. The van der Waals surface area contributed by atoms with E-state index in [0.717, 1.165) is 12.5 Å². The predicted molar refractivity (Wildman–Crippen MR) is 119 cm³/mol. The van der Waals surface area contributed by atoms with Crippen molar-refractivity contribution in [3.05, 3.63) is 58.9 Å². The summed E-state index contributed by atoms with van der Waals surface area (Å²) in [6.45, 7) is 0. The Bertz CT molecular complexity index is 1390. The van der Waals surface area contributed by atoms with Gasteiger partial charge in [-0.25, -0.2) is 17.2 Å². The molecule has 13 heteroatoms. The van der Waals surface area contributed by atoms with Gasteiger partial charge in [0.15, 0.2) is 9.84 Å². The molecule has 5 rings (SSSR count). The number of fused-ring (bicyclic) bond motifs is 1. The van der Waals surface area contributed by atoms with Crippen molar-refractivity contribution in [1.29, 1.82) is 0 Å². The summed E-state index contributed by atoms with van der Waals surface area (Å²) < 4.78 is 91.7. The Morgan fingerprint density at radius 3 is 2.41 bits per heavy atom. The van der Waals surface area contributed by atoms with E-state index in [4.69, 9.17) is 0 Å². The summed E-state index contributed by atoms with van der Waals surface area (Å²) in [5.41, 5.74) is -2.12. The lowest BCUT2D eigenvalue weighted by Gasteiger charge is -2.29. The van der Waals surface area contributed by atoms with Crippen LogP contribution in [0.5, 0.6) is 0 Å². The van der Waals surface area contributed by atoms with E-state index >= 15 is 0 Å². The number of piperidine rings is 1. The van der Waals surface area contributed by atoms with Crippen molar-refractivity contribution in [2.45, 2.75) is 54.9 Å². The number of pyridine rings is 1. The molecular formula is C24H22F5N3O4S. The number of halogens is 5. The van der Waals surface area contributed by atoms with Gasteiger partial charge in [0.05, 0.1) is 22.1 Å². The van der Waals surface area contributed by atoms with Crippen molar-refractivity contribution < 1.29 is 40.0 Å². The number of sulfone groups is 1. The van der Waals surface area contributed by atoms with Crippen LogP contribution in [0.15, 0.2) is 35.5 Å². The highest BCUT2D eigenvalue weighted by atomic mass is 32.2. The molecule has 1 N–H and O–H groups in total. The third-order valence-corrected chi connectivity index (χ3v) is 8.23. The fraction of sp³-hybridized carbons (Fsp3) is 0.458. The minimum atomic E-state index is -5.07. The number of aromatic nitrogens is 1. The number of nitrogens with zero attached hydrogens (tertiary/aromatic N) is 2. The highest BCUT2D eigenvalue weighted by Gasteiger charge is 2.56. The van der Waals surface area contributed by atoms with Gasteiger partial charge in [-0.15, -0.1) is 0 Å². The standard InChI is InChI=1S/C24H22F5N3O4S/c1-37(35,36)14-4-13(9-30-10-14)23(34)32-19-5-12(19)6-20(32)22(33)31-21(11-2-3-11)15-7-18(26)16(8-17(15)25)24(27,28)29/h4,7-12,19-21H,2-3,5-6H2,1H3,(H,31,33)/t12-,19-,20+,21?/m0/s1. The SMILES string of the molecule is CS(=O)(=O)c1cncc(C(=O)N2[C@@H](C(=O)NC(c3cc(F)c(C(F)(F)F)cc3F)C3CC3)C[C@@H]3C[C@@H]32)c1. The number of hydrogen-bond acceptors (Lipinski definition) is 5. The van der Waals surface area contributed by atoms with Crippen LogP contribution in [-0.2, 0) is 20.8 Å². The molecule has 2 heterocycles. The first-order chi connectivity index (χ1) is 17.3. The Hall–Kier alpha value is -3.09. The molecule has 2 aromatic rings. The number of rotatable bonds is 6. The largest absolute Gasteiger partial charge is 0.419 e. The first-order valence-electron chi connectivity index (χ1n) is 11.6. The van der Waals surface area contributed by atoms with Crippen molar-refractivity contribution in [3.8, 4) is 0 Å². The van der Waals surface area contributed by atoms with E-state index in [1.54, 1.807) is 0 Å². The van der Waals surface area contributed by atoms with Gasteiger partial charge in [-0.1, -0.05) is 0 Å². The minimum Gasteiger partial charge on any atom is -0.347 e. The third kappa shape index (κ3) is 4.92. The molecular weight excluding hydrogens is 521 g/mol. The lowest BCUT2D eigenvalue weighted by molar-refractivity contribution is -0.140. The maximum atomic E-state index is 14.7. The predicted octanol–water partition coefficient (Wildman–Crippen LogP) is 3.65. The van der Waals surface area contributed by atoms with Crippen LogP contribution in [0.2, 0.25) is 0 Å². The molecule has 2 aliphatic carbocycles. The van der Waals surface area contributed by atoms with Crippen LogP contribution >= 0.6 is 0 Å². The maximum absolute atomic E-state index is 14.7. The smallest absolute Gasteiger partial charge is 0.347 e. The average Bonchev–Trinajstić information content (AvgIpc) is 3.75. The zero-order valence-corrected chi connectivity index (χ0v) is 20.2. The lowest BCUT2D eigenvalue weighted by atomic mass is 9.98. The average molecular weight is 544 g/mol. The number of carbonyl (C=O) groups excluding carboxylic acids is 2. The van der Waals surface area contributed by atoms with E-state index in [2.05, 4.69) is 10.3 Å². The van der Waals surface area contributed by atoms with Gasteiger partial charge in [0.1, 0.15) is 17.7 Å². The van der Waals surface area contributed by atoms with E-state index in [9.17, 15) is 40.0 Å². The van der Waals surface area contributed by atoms with Crippen LogP contribution in [0.4, 0.5) is 22.0 Å². The number of likely N-dealkylation sites (tertiary alicyclic amines) is 1. The summed E-state index contributed by atoms with van der Waals surface area (Å²) >= 11 is 0. The monoisotopic (exact) mass is 543 g/mol. The van der Waals surface area contributed by atoms with Crippen LogP contribution in [0.1, 0.15) is 53.2 Å². The molecule has 7 nitrogen and oxygen atoms in total. The Kier molecular flexibility index (Phi) is 6.04. The molecule has 2 saturated carbocycles. The van der Waals surface area contributed by atoms with Gasteiger partial charge in [0.25, 0.3) is 5.91 Å². The second-order valence-corrected chi connectivity index (χ2v) is 11.9. The molecule has 4 atom stereocenters. The van der Waals surface area contributed by atoms with E-state index in [-0.39, 0.29) is 40.0 Å². The lowest BCUT2D eigenvalue weighted by Crippen LogP contribution is -2.49. The summed E-state index contributed by atoms with van der Waals surface area (Å²) in [6.07, 6.45) is 0.333. The minimum absolute atomic E-state index is 0.0112. The van der Waals surface area contributed by atoms with E-state index in [0.29, 0.717) is 31.7 Å². The molecule has 1 unspecified atom stereocenters. The molecule has 3 fully saturated rings. The Morgan fingerprint density at radius 2 is 1.78 bits per heavy atom. The highest BCUT2D eigenvalue weighted by molar-refractivity contribution is 7.90. The number of amides is 2. The zero-order chi connectivity index (χ0) is 26.9. The van der Waals surface area contributed by atoms with Crippen LogP contribution in [0, 0.1) is 23.5 Å². The number of nitrogens with one attached hydrogen (secondary N) is 1. The third-order valence-electron chi connectivity index (χ3n) is 7.15. The Labute approximate surface area is 209 Å². The maximum Gasteiger partial charge on any atom is 0.419 e. The Morgan fingerprint density at radius 1 is 1.08 bits per heavy atom. The molecule has 2 amide bonds. The van der Waals surface area contributed by atoms with Crippen LogP contribution in [-0.4, -0.2) is 48.5 Å². The fourth-order valence-corrected chi connectivity index (χ4v) is 5.61. The quantitative estimate of drug-likeness (QED) is 0.562. The van der Waals surface area contributed by atoms with Gasteiger partial charge >= 0.3 is 6.18 Å². The first-order valence-corrected chi connectivity index (χ1v) is 13.5. The van der Waals surface area contributed by atoms with Gasteiger partial charge in [0, 0.05) is 30.3 Å². The fourth-order valence-electron chi connectivity index (χ4n) is 5.02. The molecule has 1 aliphatic heterocycles. The molecule has 3 aliphatic rings. The van der Waals surface area contributed by atoms with Crippen LogP contribution in [0.3, 0.4) is 0 Å². The van der Waals surface area contributed by atoms with Crippen molar-refractivity contribution in [2.75, 3.05) is 6.26 Å². The van der Waals surface area contributed by atoms with Gasteiger partial charge in [-0.3, -0.25) is 14.6 Å². The first kappa shape index (κ1) is 25.6. The zero-order valence-electron chi connectivity index (χ0n) is 19.4. The summed E-state index contributed by atoms with van der Waals surface area (Å²) in [4.78, 5) is 31.6. The van der Waals surface area contributed by atoms with Crippen LogP contribution < -0.4 is 5.32 Å². The molecule has 1 saturated heterocycles. The van der Waals surface area contributed by atoms with E-state index in [1.807, 2.05) is 0 Å². The second-order valence-electron chi connectivity index (χ2n) is 9.88. The van der Waals surface area contributed by atoms with Crippen molar-refractivity contribution in [1.82, 2.24) is 15.2 Å². The van der Waals surface area contributed by atoms with Gasteiger partial charge in [0.2, 0.25) is 5.91 Å². The summed E-state index contributed by atoms with van der Waals surface area (Å²) in [5.74, 6) is -4.37. The van der Waals surface area contributed by atoms with Crippen LogP contribution in [0.25, 0.3) is 0 Å². The topological polar surface area (TPSA) is 96.4 Å². The van der Waals surface area contributed by atoms with Gasteiger partial charge in [-0.05, 0) is 55.7 Å². The second kappa shape index (κ2) is 8.74. The van der Waals surface area contributed by atoms with Crippen molar-refractivity contribution in [3.63, 3.8) is 0 Å². The molecule has 0 bridgehead atoms. The van der Waals surface area contributed by atoms with Gasteiger partial charge < -0.3 is 10.2 Å². The van der Waals surface area contributed by atoms with Gasteiger partial charge in [-0.2, -0.15) is 13.2 Å². The number of benzene rings is 1. The number of alkyl halides is 3. The number of hydrogen-bond donors (Lipinski definition) is 1. The van der Waals surface area contributed by atoms with E-state index < -0.39 is 57.1 Å². The van der Waals surface area contributed by atoms with Crippen molar-refractivity contribution in [2.24, 2.45) is 11.8 Å². The van der Waals surface area contributed by atoms with Crippen molar-refractivity contribution >= 4 is 21.7 Å². The molecule has 1 aromatic carbocycles. The summed E-state index contributed by atoms with van der Waals surface area (Å²) in [7, 11) is -3.63. The summed E-state index contributed by atoms with van der Waals surface area (Å²) in [6, 6.07) is -0.504. The van der Waals surface area contributed by atoms with E-state index in [1.165, 1.54) is 17.2 Å². The molecule has 0 radical (unpaired) electrons. The Balaban J connectivity index is 1.40. The molecule has 198 valence electrons.